The van der Waals surface area contributed by atoms with E-state index in [0.717, 1.165) is 5.56 Å². The normalized spacial score (nSPS) is 10.4. The van der Waals surface area contributed by atoms with Crippen molar-refractivity contribution in [1.82, 2.24) is 9.97 Å². The molecular formula is C12H13ClN6. The fraction of sp³-hybridized carbons (Fsp3) is 0. The first-order valence-corrected chi connectivity index (χ1v) is 5.26. The lowest BCUT2D eigenvalue weighted by Crippen LogP contribution is -2.22. The molecule has 0 aliphatic rings. The summed E-state index contributed by atoms with van der Waals surface area (Å²) < 4.78 is 0. The van der Waals surface area contributed by atoms with E-state index >= 15 is 0 Å². The van der Waals surface area contributed by atoms with Crippen LogP contribution in [0.15, 0.2) is 59.1 Å². The predicted molar refractivity (Wildman–Crippen MR) is 77.2 cm³/mol. The molecule has 0 amide bonds. The third kappa shape index (κ3) is 4.04. The molecule has 0 spiro atoms. The molecule has 0 saturated heterocycles. The van der Waals surface area contributed by atoms with Crippen LogP contribution in [0.1, 0.15) is 11.3 Å². The van der Waals surface area contributed by atoms with Gasteiger partial charge < -0.3 is 11.5 Å². The SMILES string of the molecule is Cl.NC(N)=NN=C(c1ccccc1)c1cnccn1. The van der Waals surface area contributed by atoms with E-state index in [1.165, 1.54) is 0 Å². The Hall–Kier alpha value is -2.47. The average Bonchev–Trinajstić information content (AvgIpc) is 2.41. The molecule has 4 N–H and O–H groups in total. The number of benzene rings is 1. The van der Waals surface area contributed by atoms with Crippen molar-refractivity contribution in [2.45, 2.75) is 0 Å². The zero-order chi connectivity index (χ0) is 12.8. The van der Waals surface area contributed by atoms with E-state index in [-0.39, 0.29) is 18.4 Å². The quantitative estimate of drug-likeness (QED) is 0.494. The van der Waals surface area contributed by atoms with E-state index in [0.29, 0.717) is 11.4 Å². The molecule has 6 nitrogen and oxygen atoms in total. The van der Waals surface area contributed by atoms with Crippen molar-refractivity contribution < 1.29 is 0 Å². The van der Waals surface area contributed by atoms with E-state index in [1.54, 1.807) is 18.6 Å². The van der Waals surface area contributed by atoms with E-state index in [2.05, 4.69) is 20.2 Å². The Morgan fingerprint density at radius 2 is 1.74 bits per heavy atom. The summed E-state index contributed by atoms with van der Waals surface area (Å²) >= 11 is 0. The Morgan fingerprint density at radius 1 is 1.00 bits per heavy atom. The molecule has 0 aliphatic heterocycles. The summed E-state index contributed by atoms with van der Waals surface area (Å²) in [5.74, 6) is -0.104. The number of hydrogen-bond acceptors (Lipinski definition) is 4. The van der Waals surface area contributed by atoms with E-state index in [9.17, 15) is 0 Å². The fourth-order valence-corrected chi connectivity index (χ4v) is 1.38. The van der Waals surface area contributed by atoms with Crippen LogP contribution in [0.4, 0.5) is 0 Å². The van der Waals surface area contributed by atoms with Gasteiger partial charge in [-0.05, 0) is 0 Å². The fourth-order valence-electron chi connectivity index (χ4n) is 1.38. The maximum absolute atomic E-state index is 5.28. The Kier molecular flexibility index (Phi) is 5.43. The van der Waals surface area contributed by atoms with Crippen molar-refractivity contribution in [1.29, 1.82) is 0 Å². The molecule has 0 saturated carbocycles. The second-order valence-corrected chi connectivity index (χ2v) is 3.43. The van der Waals surface area contributed by atoms with Gasteiger partial charge in [0.1, 0.15) is 11.4 Å². The number of halogens is 1. The highest BCUT2D eigenvalue weighted by molar-refractivity contribution is 6.11. The maximum Gasteiger partial charge on any atom is 0.211 e. The second kappa shape index (κ2) is 7.07. The molecule has 0 aliphatic carbocycles. The lowest BCUT2D eigenvalue weighted by atomic mass is 10.1. The number of rotatable bonds is 3. The first kappa shape index (κ1) is 14.6. The van der Waals surface area contributed by atoms with Crippen molar-refractivity contribution in [2.75, 3.05) is 0 Å². The molecule has 0 radical (unpaired) electrons. The van der Waals surface area contributed by atoms with Crippen LogP contribution in [-0.4, -0.2) is 21.6 Å². The summed E-state index contributed by atoms with van der Waals surface area (Å²) in [6, 6.07) is 9.51. The minimum absolute atomic E-state index is 0. The molecular weight excluding hydrogens is 264 g/mol. The van der Waals surface area contributed by atoms with Gasteiger partial charge in [0, 0.05) is 18.0 Å². The molecule has 7 heteroatoms. The lowest BCUT2D eigenvalue weighted by Gasteiger charge is -2.03. The summed E-state index contributed by atoms with van der Waals surface area (Å²) in [5.41, 5.74) is 12.6. The molecule has 19 heavy (non-hydrogen) atoms. The summed E-state index contributed by atoms with van der Waals surface area (Å²) in [4.78, 5) is 8.19. The van der Waals surface area contributed by atoms with E-state index < -0.39 is 0 Å². The number of nitrogens with zero attached hydrogens (tertiary/aromatic N) is 4. The molecule has 98 valence electrons. The molecule has 0 bridgehead atoms. The zero-order valence-electron chi connectivity index (χ0n) is 9.97. The molecule has 0 atom stereocenters. The van der Waals surface area contributed by atoms with Gasteiger partial charge in [0.2, 0.25) is 5.96 Å². The summed E-state index contributed by atoms with van der Waals surface area (Å²) in [7, 11) is 0. The maximum atomic E-state index is 5.28. The van der Waals surface area contributed by atoms with Crippen molar-refractivity contribution in [3.05, 3.63) is 60.2 Å². The van der Waals surface area contributed by atoms with Crippen molar-refractivity contribution in [3.63, 3.8) is 0 Å². The summed E-state index contributed by atoms with van der Waals surface area (Å²) in [6.07, 6.45) is 4.78. The monoisotopic (exact) mass is 276 g/mol. The number of guanidine groups is 1. The predicted octanol–water partition coefficient (Wildman–Crippen LogP) is 0.924. The van der Waals surface area contributed by atoms with Crippen LogP contribution in [0.25, 0.3) is 0 Å². The van der Waals surface area contributed by atoms with Gasteiger partial charge in [0.05, 0.1) is 6.20 Å². The van der Waals surface area contributed by atoms with Gasteiger partial charge in [-0.2, -0.15) is 0 Å². The van der Waals surface area contributed by atoms with Crippen LogP contribution in [0, 0.1) is 0 Å². The largest absolute Gasteiger partial charge is 0.369 e. The van der Waals surface area contributed by atoms with Gasteiger partial charge in [-0.25, -0.2) is 0 Å². The molecule has 1 aromatic heterocycles. The van der Waals surface area contributed by atoms with Crippen LogP contribution < -0.4 is 11.5 Å². The van der Waals surface area contributed by atoms with Crippen molar-refractivity contribution in [2.24, 2.45) is 21.7 Å². The Morgan fingerprint density at radius 3 is 2.32 bits per heavy atom. The lowest BCUT2D eigenvalue weighted by molar-refractivity contribution is 1.15. The van der Waals surface area contributed by atoms with Gasteiger partial charge in [0.15, 0.2) is 0 Å². The minimum atomic E-state index is -0.104. The number of aromatic nitrogens is 2. The third-order valence-electron chi connectivity index (χ3n) is 2.12. The molecule has 0 fully saturated rings. The first-order valence-electron chi connectivity index (χ1n) is 5.26. The van der Waals surface area contributed by atoms with Crippen molar-refractivity contribution >= 4 is 24.1 Å². The van der Waals surface area contributed by atoms with Gasteiger partial charge >= 0.3 is 0 Å². The third-order valence-corrected chi connectivity index (χ3v) is 2.12. The Labute approximate surface area is 116 Å². The van der Waals surface area contributed by atoms with Crippen LogP contribution >= 0.6 is 12.4 Å². The van der Waals surface area contributed by atoms with Crippen LogP contribution in [-0.2, 0) is 0 Å². The highest BCUT2D eigenvalue weighted by atomic mass is 35.5. The van der Waals surface area contributed by atoms with Crippen molar-refractivity contribution in [3.8, 4) is 0 Å². The molecule has 1 aromatic carbocycles. The standard InChI is InChI=1S/C12H12N6.ClH/c13-12(14)18-17-11(9-4-2-1-3-5-9)10-8-15-6-7-16-10;/h1-8H,(H4,13,14,18);1H. The highest BCUT2D eigenvalue weighted by Crippen LogP contribution is 2.08. The number of hydrogen-bond donors (Lipinski definition) is 2. The zero-order valence-corrected chi connectivity index (χ0v) is 10.8. The second-order valence-electron chi connectivity index (χ2n) is 3.43. The van der Waals surface area contributed by atoms with Gasteiger partial charge in [-0.3, -0.25) is 9.97 Å². The van der Waals surface area contributed by atoms with E-state index in [1.807, 2.05) is 30.3 Å². The molecule has 2 aromatic rings. The highest BCUT2D eigenvalue weighted by Gasteiger charge is 2.08. The summed E-state index contributed by atoms with van der Waals surface area (Å²) in [6.45, 7) is 0. The Balaban J connectivity index is 0.00000180. The Bertz CT molecular complexity index is 522. The average molecular weight is 277 g/mol. The van der Waals surface area contributed by atoms with Crippen LogP contribution in [0.5, 0.6) is 0 Å². The molecule has 0 unspecified atom stereocenters. The smallest absolute Gasteiger partial charge is 0.211 e. The molecule has 2 rings (SSSR count). The topological polar surface area (TPSA) is 103 Å². The first-order chi connectivity index (χ1) is 8.77. The summed E-state index contributed by atoms with van der Waals surface area (Å²) in [5, 5.41) is 7.69. The number of nitrogens with two attached hydrogens (primary N) is 2. The molecule has 1 heterocycles. The minimum Gasteiger partial charge on any atom is -0.369 e. The van der Waals surface area contributed by atoms with Crippen LogP contribution in [0.2, 0.25) is 0 Å². The van der Waals surface area contributed by atoms with Gasteiger partial charge in [-0.15, -0.1) is 22.6 Å². The van der Waals surface area contributed by atoms with Gasteiger partial charge in [0.25, 0.3) is 0 Å². The van der Waals surface area contributed by atoms with E-state index in [4.69, 9.17) is 11.5 Å². The van der Waals surface area contributed by atoms with Gasteiger partial charge in [-0.1, -0.05) is 30.3 Å². The van der Waals surface area contributed by atoms with Crippen LogP contribution in [0.3, 0.4) is 0 Å².